The monoisotopic (exact) mass is 179 g/mol. The lowest BCUT2D eigenvalue weighted by Crippen LogP contribution is -2.03. The molecular formula is C9H9NO3. The molecule has 2 heterocycles. The SMILES string of the molecule is COC(=O)c1[nH]c2ccoc2c1C. The van der Waals surface area contributed by atoms with Gasteiger partial charge < -0.3 is 14.1 Å². The van der Waals surface area contributed by atoms with Crippen LogP contribution in [0.15, 0.2) is 16.7 Å². The number of nitrogens with one attached hydrogen (secondary N) is 1. The third kappa shape index (κ3) is 1.02. The number of esters is 1. The van der Waals surface area contributed by atoms with E-state index in [0.29, 0.717) is 11.3 Å². The molecule has 0 spiro atoms. The molecule has 0 amide bonds. The third-order valence-corrected chi connectivity index (χ3v) is 2.03. The minimum atomic E-state index is -0.371. The first kappa shape index (κ1) is 7.91. The summed E-state index contributed by atoms with van der Waals surface area (Å²) in [6, 6.07) is 1.77. The van der Waals surface area contributed by atoms with Crippen molar-refractivity contribution in [3.05, 3.63) is 23.6 Å². The molecule has 2 aromatic heterocycles. The number of aromatic amines is 1. The zero-order chi connectivity index (χ0) is 9.42. The molecule has 4 nitrogen and oxygen atoms in total. The van der Waals surface area contributed by atoms with Crippen LogP contribution >= 0.6 is 0 Å². The number of hydrogen-bond acceptors (Lipinski definition) is 3. The molecular weight excluding hydrogens is 170 g/mol. The molecule has 0 bridgehead atoms. The predicted octanol–water partition coefficient (Wildman–Crippen LogP) is 1.86. The highest BCUT2D eigenvalue weighted by Crippen LogP contribution is 2.22. The Hall–Kier alpha value is -1.71. The molecule has 4 heteroatoms. The van der Waals surface area contributed by atoms with Crippen molar-refractivity contribution < 1.29 is 13.9 Å². The van der Waals surface area contributed by atoms with Crippen molar-refractivity contribution in [3.63, 3.8) is 0 Å². The quantitative estimate of drug-likeness (QED) is 0.679. The van der Waals surface area contributed by atoms with E-state index in [1.54, 1.807) is 12.3 Å². The molecule has 68 valence electrons. The molecule has 0 atom stereocenters. The zero-order valence-electron chi connectivity index (χ0n) is 7.38. The summed E-state index contributed by atoms with van der Waals surface area (Å²) in [5.74, 6) is -0.371. The Labute approximate surface area is 74.5 Å². The highest BCUT2D eigenvalue weighted by molar-refractivity contribution is 5.96. The number of methoxy groups -OCH3 is 1. The molecule has 0 aliphatic rings. The molecule has 0 fully saturated rings. The maximum Gasteiger partial charge on any atom is 0.354 e. The number of carbonyl (C=O) groups excluding carboxylic acids is 1. The van der Waals surface area contributed by atoms with E-state index in [2.05, 4.69) is 9.72 Å². The van der Waals surface area contributed by atoms with E-state index in [1.807, 2.05) is 6.92 Å². The molecule has 0 saturated heterocycles. The standard InChI is InChI=1S/C9H9NO3/c1-5-7(9(11)12-2)10-6-3-4-13-8(5)6/h3-4,10H,1-2H3. The molecule has 0 saturated carbocycles. The van der Waals surface area contributed by atoms with Gasteiger partial charge in [-0.25, -0.2) is 4.79 Å². The van der Waals surface area contributed by atoms with Crippen LogP contribution in [0.5, 0.6) is 0 Å². The van der Waals surface area contributed by atoms with Crippen molar-refractivity contribution in [2.75, 3.05) is 7.11 Å². The summed E-state index contributed by atoms with van der Waals surface area (Å²) in [4.78, 5) is 14.1. The van der Waals surface area contributed by atoms with Gasteiger partial charge in [0.1, 0.15) is 5.69 Å². The van der Waals surface area contributed by atoms with Gasteiger partial charge in [0.05, 0.1) is 18.9 Å². The van der Waals surface area contributed by atoms with Gasteiger partial charge in [0.25, 0.3) is 0 Å². The van der Waals surface area contributed by atoms with Crippen LogP contribution in [0.2, 0.25) is 0 Å². The van der Waals surface area contributed by atoms with Gasteiger partial charge in [-0.05, 0) is 6.92 Å². The van der Waals surface area contributed by atoms with E-state index in [4.69, 9.17) is 4.42 Å². The third-order valence-electron chi connectivity index (χ3n) is 2.03. The van der Waals surface area contributed by atoms with Crippen LogP contribution in [0.4, 0.5) is 0 Å². The summed E-state index contributed by atoms with van der Waals surface area (Å²) >= 11 is 0. The highest BCUT2D eigenvalue weighted by Gasteiger charge is 2.16. The Morgan fingerprint density at radius 2 is 2.38 bits per heavy atom. The molecule has 2 aromatic rings. The lowest BCUT2D eigenvalue weighted by atomic mass is 10.2. The highest BCUT2D eigenvalue weighted by atomic mass is 16.5. The molecule has 0 aromatic carbocycles. The maximum atomic E-state index is 11.2. The normalized spacial score (nSPS) is 10.6. The second-order valence-corrected chi connectivity index (χ2v) is 2.78. The number of H-pyrrole nitrogens is 1. The van der Waals surface area contributed by atoms with Gasteiger partial charge in [-0.2, -0.15) is 0 Å². The Bertz CT molecular complexity index is 452. The fourth-order valence-electron chi connectivity index (χ4n) is 1.35. The summed E-state index contributed by atoms with van der Waals surface area (Å²) in [7, 11) is 1.35. The molecule has 0 unspecified atom stereocenters. The van der Waals surface area contributed by atoms with Crippen molar-refractivity contribution in [2.45, 2.75) is 6.92 Å². The minimum absolute atomic E-state index is 0.371. The first-order chi connectivity index (χ1) is 6.24. The summed E-state index contributed by atoms with van der Waals surface area (Å²) < 4.78 is 9.79. The smallest absolute Gasteiger partial charge is 0.354 e. The minimum Gasteiger partial charge on any atom is -0.464 e. The molecule has 0 radical (unpaired) electrons. The van der Waals surface area contributed by atoms with Crippen LogP contribution in [-0.2, 0) is 4.74 Å². The second-order valence-electron chi connectivity index (χ2n) is 2.78. The van der Waals surface area contributed by atoms with Gasteiger partial charge in [-0.1, -0.05) is 0 Å². The number of carbonyl (C=O) groups is 1. The molecule has 2 rings (SSSR count). The van der Waals surface area contributed by atoms with Crippen molar-refractivity contribution in [3.8, 4) is 0 Å². The van der Waals surface area contributed by atoms with Crippen LogP contribution < -0.4 is 0 Å². The van der Waals surface area contributed by atoms with Crippen LogP contribution in [0.25, 0.3) is 11.1 Å². The summed E-state index contributed by atoms with van der Waals surface area (Å²) in [6.45, 7) is 1.81. The zero-order valence-corrected chi connectivity index (χ0v) is 7.38. The Kier molecular flexibility index (Phi) is 1.62. The van der Waals surface area contributed by atoms with E-state index in [0.717, 1.165) is 11.1 Å². The Balaban J connectivity index is 2.64. The lowest BCUT2D eigenvalue weighted by Gasteiger charge is -1.95. The number of ether oxygens (including phenoxy) is 1. The molecule has 0 aliphatic carbocycles. The number of rotatable bonds is 1. The van der Waals surface area contributed by atoms with Gasteiger partial charge in [-0.15, -0.1) is 0 Å². The van der Waals surface area contributed by atoms with E-state index in [-0.39, 0.29) is 5.97 Å². The molecule has 13 heavy (non-hydrogen) atoms. The average Bonchev–Trinajstić information content (AvgIpc) is 2.68. The number of aromatic nitrogens is 1. The molecule has 1 N–H and O–H groups in total. The molecule has 0 aliphatic heterocycles. The van der Waals surface area contributed by atoms with Crippen molar-refractivity contribution >= 4 is 17.1 Å². The van der Waals surface area contributed by atoms with Crippen LogP contribution in [0.1, 0.15) is 16.1 Å². The van der Waals surface area contributed by atoms with Gasteiger partial charge in [0.2, 0.25) is 0 Å². The van der Waals surface area contributed by atoms with E-state index in [1.165, 1.54) is 7.11 Å². The second kappa shape index (κ2) is 2.65. The van der Waals surface area contributed by atoms with Gasteiger partial charge in [0.15, 0.2) is 5.58 Å². The Morgan fingerprint density at radius 1 is 1.62 bits per heavy atom. The number of aryl methyl sites for hydroxylation is 1. The summed E-state index contributed by atoms with van der Waals surface area (Å²) in [6.07, 6.45) is 1.58. The van der Waals surface area contributed by atoms with Crippen molar-refractivity contribution in [1.82, 2.24) is 4.98 Å². The van der Waals surface area contributed by atoms with Crippen LogP contribution in [0, 0.1) is 6.92 Å². The fourth-order valence-corrected chi connectivity index (χ4v) is 1.35. The van der Waals surface area contributed by atoms with Gasteiger partial charge in [0, 0.05) is 11.6 Å². The van der Waals surface area contributed by atoms with Crippen molar-refractivity contribution in [2.24, 2.45) is 0 Å². The lowest BCUT2D eigenvalue weighted by molar-refractivity contribution is 0.0594. The average molecular weight is 179 g/mol. The number of fused-ring (bicyclic) bond motifs is 1. The van der Waals surface area contributed by atoms with Gasteiger partial charge >= 0.3 is 5.97 Å². The van der Waals surface area contributed by atoms with Gasteiger partial charge in [-0.3, -0.25) is 0 Å². The summed E-state index contributed by atoms with van der Waals surface area (Å²) in [5, 5.41) is 0. The number of hydrogen-bond donors (Lipinski definition) is 1. The fraction of sp³-hybridized carbons (Fsp3) is 0.222. The van der Waals surface area contributed by atoms with E-state index >= 15 is 0 Å². The first-order valence-corrected chi connectivity index (χ1v) is 3.88. The first-order valence-electron chi connectivity index (χ1n) is 3.88. The van der Waals surface area contributed by atoms with Crippen molar-refractivity contribution in [1.29, 1.82) is 0 Å². The van der Waals surface area contributed by atoms with E-state index < -0.39 is 0 Å². The number of furan rings is 1. The largest absolute Gasteiger partial charge is 0.464 e. The predicted molar refractivity (Wildman–Crippen MR) is 46.6 cm³/mol. The summed E-state index contributed by atoms with van der Waals surface area (Å²) in [5.41, 5.74) is 2.77. The maximum absolute atomic E-state index is 11.2. The topological polar surface area (TPSA) is 55.2 Å². The van der Waals surface area contributed by atoms with Crippen LogP contribution in [-0.4, -0.2) is 18.1 Å². The van der Waals surface area contributed by atoms with E-state index in [9.17, 15) is 4.79 Å². The Morgan fingerprint density at radius 3 is 3.00 bits per heavy atom. The van der Waals surface area contributed by atoms with Crippen LogP contribution in [0.3, 0.4) is 0 Å².